The molecule has 2 aromatic heterocycles. The van der Waals surface area contributed by atoms with Crippen molar-refractivity contribution in [2.24, 2.45) is 0 Å². The molecule has 5 heteroatoms. The lowest BCUT2D eigenvalue weighted by molar-refractivity contribution is 0.614. The standard InChI is InChI=1S/C19H19FN4/c1-13(2)23-18-15(11-14-7-3-4-8-16(14)20)12-22-19(24-18)17-9-5-6-10-21-17/h3-10,12-13H,11H2,1-2H3,(H,22,23,24). The van der Waals surface area contributed by atoms with Gasteiger partial charge in [-0.3, -0.25) is 4.98 Å². The molecular weight excluding hydrogens is 303 g/mol. The Labute approximate surface area is 140 Å². The fraction of sp³-hybridized carbons (Fsp3) is 0.211. The molecule has 2 heterocycles. The molecule has 3 aromatic rings. The molecule has 1 N–H and O–H groups in total. The molecule has 0 unspecified atom stereocenters. The summed E-state index contributed by atoms with van der Waals surface area (Å²) in [4.78, 5) is 13.3. The van der Waals surface area contributed by atoms with Crippen molar-refractivity contribution in [3.05, 3.63) is 71.8 Å². The van der Waals surface area contributed by atoms with Crippen LogP contribution >= 0.6 is 0 Å². The van der Waals surface area contributed by atoms with Gasteiger partial charge in [-0.1, -0.05) is 24.3 Å². The van der Waals surface area contributed by atoms with Crippen molar-refractivity contribution in [2.45, 2.75) is 26.3 Å². The van der Waals surface area contributed by atoms with Crippen molar-refractivity contribution in [1.29, 1.82) is 0 Å². The van der Waals surface area contributed by atoms with E-state index in [2.05, 4.69) is 20.3 Å². The molecule has 4 nitrogen and oxygen atoms in total. The van der Waals surface area contributed by atoms with Gasteiger partial charge in [0.25, 0.3) is 0 Å². The molecular formula is C19H19FN4. The Morgan fingerprint density at radius 1 is 1.00 bits per heavy atom. The van der Waals surface area contributed by atoms with E-state index in [4.69, 9.17) is 0 Å². The topological polar surface area (TPSA) is 50.7 Å². The summed E-state index contributed by atoms with van der Waals surface area (Å²) in [5.41, 5.74) is 2.19. The number of nitrogens with one attached hydrogen (secondary N) is 1. The Bertz CT molecular complexity index is 819. The fourth-order valence-electron chi connectivity index (χ4n) is 2.40. The van der Waals surface area contributed by atoms with Crippen molar-refractivity contribution in [3.8, 4) is 11.5 Å². The second-order valence-electron chi connectivity index (χ2n) is 5.85. The number of halogens is 1. The van der Waals surface area contributed by atoms with Crippen LogP contribution in [0.2, 0.25) is 0 Å². The van der Waals surface area contributed by atoms with Crippen LogP contribution in [0.25, 0.3) is 11.5 Å². The highest BCUT2D eigenvalue weighted by molar-refractivity contribution is 5.55. The fourth-order valence-corrected chi connectivity index (χ4v) is 2.40. The van der Waals surface area contributed by atoms with Crippen LogP contribution in [-0.2, 0) is 6.42 Å². The largest absolute Gasteiger partial charge is 0.368 e. The zero-order chi connectivity index (χ0) is 16.9. The van der Waals surface area contributed by atoms with Crippen LogP contribution in [0, 0.1) is 5.82 Å². The molecule has 0 saturated heterocycles. The minimum Gasteiger partial charge on any atom is -0.368 e. The Hall–Kier alpha value is -2.82. The summed E-state index contributed by atoms with van der Waals surface area (Å²) in [6.45, 7) is 4.07. The number of benzene rings is 1. The monoisotopic (exact) mass is 322 g/mol. The Balaban J connectivity index is 1.98. The van der Waals surface area contributed by atoms with Gasteiger partial charge in [-0.05, 0) is 37.6 Å². The summed E-state index contributed by atoms with van der Waals surface area (Å²) in [5.74, 6) is 1.04. The van der Waals surface area contributed by atoms with E-state index in [0.717, 1.165) is 5.56 Å². The zero-order valence-electron chi connectivity index (χ0n) is 13.7. The maximum Gasteiger partial charge on any atom is 0.180 e. The van der Waals surface area contributed by atoms with Crippen LogP contribution in [0.3, 0.4) is 0 Å². The Morgan fingerprint density at radius 3 is 2.50 bits per heavy atom. The summed E-state index contributed by atoms with van der Waals surface area (Å²) >= 11 is 0. The first-order valence-electron chi connectivity index (χ1n) is 7.90. The van der Waals surface area contributed by atoms with Crippen molar-refractivity contribution in [1.82, 2.24) is 15.0 Å². The van der Waals surface area contributed by atoms with Gasteiger partial charge in [-0.15, -0.1) is 0 Å². The molecule has 0 aliphatic heterocycles. The third-order valence-electron chi connectivity index (χ3n) is 3.52. The number of hydrogen-bond acceptors (Lipinski definition) is 4. The molecule has 0 amide bonds. The van der Waals surface area contributed by atoms with Crippen LogP contribution in [-0.4, -0.2) is 21.0 Å². The van der Waals surface area contributed by atoms with E-state index in [9.17, 15) is 4.39 Å². The average molecular weight is 322 g/mol. The summed E-state index contributed by atoms with van der Waals surface area (Å²) in [6.07, 6.45) is 3.89. The number of anilines is 1. The second kappa shape index (κ2) is 7.17. The van der Waals surface area contributed by atoms with Crippen molar-refractivity contribution in [3.63, 3.8) is 0 Å². The number of hydrogen-bond donors (Lipinski definition) is 1. The highest BCUT2D eigenvalue weighted by Crippen LogP contribution is 2.22. The molecule has 0 aliphatic carbocycles. The molecule has 0 spiro atoms. The first-order chi connectivity index (χ1) is 11.6. The van der Waals surface area contributed by atoms with Crippen LogP contribution in [0.1, 0.15) is 25.0 Å². The number of nitrogens with zero attached hydrogens (tertiary/aromatic N) is 3. The number of rotatable bonds is 5. The summed E-state index contributed by atoms with van der Waals surface area (Å²) < 4.78 is 13.9. The third-order valence-corrected chi connectivity index (χ3v) is 3.52. The molecule has 0 fully saturated rings. The van der Waals surface area contributed by atoms with E-state index in [-0.39, 0.29) is 11.9 Å². The Kier molecular flexibility index (Phi) is 4.79. The number of pyridine rings is 1. The second-order valence-corrected chi connectivity index (χ2v) is 5.85. The quantitative estimate of drug-likeness (QED) is 0.769. The van der Waals surface area contributed by atoms with Gasteiger partial charge in [0.15, 0.2) is 5.82 Å². The average Bonchev–Trinajstić information content (AvgIpc) is 2.58. The predicted molar refractivity (Wildman–Crippen MR) is 93.2 cm³/mol. The SMILES string of the molecule is CC(C)Nc1nc(-c2ccccn2)ncc1Cc1ccccc1F. The summed E-state index contributed by atoms with van der Waals surface area (Å²) in [5, 5.41) is 3.32. The third kappa shape index (κ3) is 3.74. The predicted octanol–water partition coefficient (Wildman–Crippen LogP) is 4.09. The van der Waals surface area contributed by atoms with Crippen LogP contribution < -0.4 is 5.32 Å². The zero-order valence-corrected chi connectivity index (χ0v) is 13.7. The van der Waals surface area contributed by atoms with Crippen molar-refractivity contribution in [2.75, 3.05) is 5.32 Å². The van der Waals surface area contributed by atoms with Crippen molar-refractivity contribution < 1.29 is 4.39 Å². The molecule has 0 radical (unpaired) electrons. The molecule has 0 saturated carbocycles. The van der Waals surface area contributed by atoms with E-state index in [1.165, 1.54) is 6.07 Å². The minimum atomic E-state index is -0.221. The van der Waals surface area contributed by atoms with Crippen LogP contribution in [0.15, 0.2) is 54.9 Å². The lowest BCUT2D eigenvalue weighted by Crippen LogP contribution is -2.14. The molecule has 24 heavy (non-hydrogen) atoms. The van der Waals surface area contributed by atoms with E-state index >= 15 is 0 Å². The molecule has 3 rings (SSSR count). The molecule has 0 atom stereocenters. The van der Waals surface area contributed by atoms with E-state index in [1.807, 2.05) is 38.1 Å². The Morgan fingerprint density at radius 2 is 1.79 bits per heavy atom. The van der Waals surface area contributed by atoms with Gasteiger partial charge in [0, 0.05) is 30.4 Å². The lowest BCUT2D eigenvalue weighted by Gasteiger charge is -2.15. The molecule has 122 valence electrons. The molecule has 1 aromatic carbocycles. The van der Waals surface area contributed by atoms with Crippen LogP contribution in [0.4, 0.5) is 10.2 Å². The first-order valence-corrected chi connectivity index (χ1v) is 7.90. The van der Waals surface area contributed by atoms with Gasteiger partial charge in [-0.2, -0.15) is 0 Å². The normalized spacial score (nSPS) is 10.8. The molecule has 0 aliphatic rings. The molecule has 0 bridgehead atoms. The van der Waals surface area contributed by atoms with Gasteiger partial charge >= 0.3 is 0 Å². The lowest BCUT2D eigenvalue weighted by atomic mass is 10.1. The van der Waals surface area contributed by atoms with Gasteiger partial charge in [-0.25, -0.2) is 14.4 Å². The summed E-state index contributed by atoms with van der Waals surface area (Å²) in [6, 6.07) is 12.6. The van der Waals surface area contributed by atoms with Gasteiger partial charge in [0.1, 0.15) is 17.3 Å². The minimum absolute atomic E-state index is 0.204. The highest BCUT2D eigenvalue weighted by Gasteiger charge is 2.12. The van der Waals surface area contributed by atoms with Gasteiger partial charge < -0.3 is 5.32 Å². The van der Waals surface area contributed by atoms with Crippen LogP contribution in [0.5, 0.6) is 0 Å². The van der Waals surface area contributed by atoms with Gasteiger partial charge in [0.05, 0.1) is 0 Å². The summed E-state index contributed by atoms with van der Waals surface area (Å²) in [7, 11) is 0. The number of aromatic nitrogens is 3. The maximum atomic E-state index is 13.9. The smallest absolute Gasteiger partial charge is 0.180 e. The first kappa shape index (κ1) is 16.1. The maximum absolute atomic E-state index is 13.9. The highest BCUT2D eigenvalue weighted by atomic mass is 19.1. The van der Waals surface area contributed by atoms with Gasteiger partial charge in [0.2, 0.25) is 0 Å². The van der Waals surface area contributed by atoms with E-state index in [1.54, 1.807) is 24.5 Å². The van der Waals surface area contributed by atoms with E-state index in [0.29, 0.717) is 29.3 Å². The van der Waals surface area contributed by atoms with Crippen molar-refractivity contribution >= 4 is 5.82 Å². The van der Waals surface area contributed by atoms with E-state index < -0.39 is 0 Å².